The molecular formula is C8H14ClNO. The molecule has 2 nitrogen and oxygen atoms in total. The van der Waals surface area contributed by atoms with E-state index in [0.717, 1.165) is 13.0 Å². The van der Waals surface area contributed by atoms with E-state index in [-0.39, 0.29) is 11.9 Å². The van der Waals surface area contributed by atoms with Gasteiger partial charge in [0.1, 0.15) is 0 Å². The highest BCUT2D eigenvalue weighted by Gasteiger charge is 2.31. The first-order chi connectivity index (χ1) is 5.16. The summed E-state index contributed by atoms with van der Waals surface area (Å²) in [4.78, 5) is 12.9. The SMILES string of the molecule is CC(=O)N1CCC(C)C1CCl. The van der Waals surface area contributed by atoms with Gasteiger partial charge in [0.25, 0.3) is 0 Å². The maximum atomic E-state index is 11.0. The van der Waals surface area contributed by atoms with Gasteiger partial charge in [0.05, 0.1) is 0 Å². The molecule has 64 valence electrons. The monoisotopic (exact) mass is 175 g/mol. The summed E-state index contributed by atoms with van der Waals surface area (Å²) in [7, 11) is 0. The maximum absolute atomic E-state index is 11.0. The number of amides is 1. The predicted octanol–water partition coefficient (Wildman–Crippen LogP) is 1.48. The molecule has 11 heavy (non-hydrogen) atoms. The quantitative estimate of drug-likeness (QED) is 0.553. The van der Waals surface area contributed by atoms with E-state index >= 15 is 0 Å². The Bertz CT molecular complexity index is 160. The van der Waals surface area contributed by atoms with Crippen LogP contribution < -0.4 is 0 Å². The predicted molar refractivity (Wildman–Crippen MR) is 45.7 cm³/mol. The summed E-state index contributed by atoms with van der Waals surface area (Å²) in [6, 6.07) is 0.272. The minimum Gasteiger partial charge on any atom is -0.338 e. The van der Waals surface area contributed by atoms with Gasteiger partial charge < -0.3 is 4.90 Å². The molecule has 0 spiro atoms. The molecule has 1 aliphatic heterocycles. The van der Waals surface area contributed by atoms with Crippen molar-refractivity contribution < 1.29 is 4.79 Å². The van der Waals surface area contributed by atoms with Gasteiger partial charge in [-0.25, -0.2) is 0 Å². The number of hydrogen-bond donors (Lipinski definition) is 0. The van der Waals surface area contributed by atoms with Crippen LogP contribution >= 0.6 is 11.6 Å². The third-order valence-corrected chi connectivity index (χ3v) is 2.76. The molecule has 1 fully saturated rings. The summed E-state index contributed by atoms with van der Waals surface area (Å²) in [6.07, 6.45) is 1.09. The second-order valence-electron chi connectivity index (χ2n) is 3.20. The van der Waals surface area contributed by atoms with E-state index in [2.05, 4.69) is 6.92 Å². The van der Waals surface area contributed by atoms with Gasteiger partial charge in [0.2, 0.25) is 5.91 Å². The smallest absolute Gasteiger partial charge is 0.219 e. The molecule has 2 atom stereocenters. The van der Waals surface area contributed by atoms with Gasteiger partial charge in [0, 0.05) is 25.4 Å². The lowest BCUT2D eigenvalue weighted by atomic mass is 10.1. The van der Waals surface area contributed by atoms with Crippen LogP contribution in [0, 0.1) is 5.92 Å². The largest absolute Gasteiger partial charge is 0.338 e. The average molecular weight is 176 g/mol. The lowest BCUT2D eigenvalue weighted by Crippen LogP contribution is -2.37. The fraction of sp³-hybridized carbons (Fsp3) is 0.875. The van der Waals surface area contributed by atoms with Crippen molar-refractivity contribution in [3.8, 4) is 0 Å². The lowest BCUT2D eigenvalue weighted by Gasteiger charge is -2.23. The van der Waals surface area contributed by atoms with Crippen molar-refractivity contribution in [1.82, 2.24) is 4.90 Å². The van der Waals surface area contributed by atoms with Crippen LogP contribution in [0.3, 0.4) is 0 Å². The van der Waals surface area contributed by atoms with E-state index in [4.69, 9.17) is 11.6 Å². The van der Waals surface area contributed by atoms with Crippen molar-refractivity contribution >= 4 is 17.5 Å². The Labute approximate surface area is 72.5 Å². The molecule has 0 aromatic rings. The first-order valence-corrected chi connectivity index (χ1v) is 4.53. The second-order valence-corrected chi connectivity index (χ2v) is 3.51. The van der Waals surface area contributed by atoms with Crippen molar-refractivity contribution in [1.29, 1.82) is 0 Å². The third kappa shape index (κ3) is 1.67. The third-order valence-electron chi connectivity index (χ3n) is 2.45. The minimum absolute atomic E-state index is 0.153. The van der Waals surface area contributed by atoms with Crippen molar-refractivity contribution in [3.63, 3.8) is 0 Å². The minimum atomic E-state index is 0.153. The Balaban J connectivity index is 2.61. The maximum Gasteiger partial charge on any atom is 0.219 e. The summed E-state index contributed by atoms with van der Waals surface area (Å²) in [5.74, 6) is 1.29. The van der Waals surface area contributed by atoms with Crippen LogP contribution in [-0.4, -0.2) is 29.3 Å². The Hall–Kier alpha value is -0.240. The van der Waals surface area contributed by atoms with Crippen molar-refractivity contribution in [2.45, 2.75) is 26.3 Å². The fourth-order valence-electron chi connectivity index (χ4n) is 1.63. The van der Waals surface area contributed by atoms with Crippen LogP contribution in [0.5, 0.6) is 0 Å². The summed E-state index contributed by atoms with van der Waals surface area (Å²) in [6.45, 7) is 4.64. The molecular weight excluding hydrogens is 162 g/mol. The number of alkyl halides is 1. The van der Waals surface area contributed by atoms with Crippen molar-refractivity contribution in [3.05, 3.63) is 0 Å². The molecule has 1 saturated heterocycles. The number of likely N-dealkylation sites (tertiary alicyclic amines) is 1. The molecule has 2 unspecified atom stereocenters. The molecule has 3 heteroatoms. The molecule has 1 aliphatic rings. The van der Waals surface area contributed by atoms with Crippen LogP contribution in [0.1, 0.15) is 20.3 Å². The summed E-state index contributed by atoms with van der Waals surface area (Å²) >= 11 is 5.75. The molecule has 0 bridgehead atoms. The summed E-state index contributed by atoms with van der Waals surface area (Å²) in [5, 5.41) is 0. The Morgan fingerprint density at radius 1 is 1.73 bits per heavy atom. The number of hydrogen-bond acceptors (Lipinski definition) is 1. The van der Waals surface area contributed by atoms with E-state index in [1.807, 2.05) is 4.90 Å². The van der Waals surface area contributed by atoms with Gasteiger partial charge in [-0.3, -0.25) is 4.79 Å². The van der Waals surface area contributed by atoms with Gasteiger partial charge >= 0.3 is 0 Å². The number of nitrogens with zero attached hydrogens (tertiary/aromatic N) is 1. The highest BCUT2D eigenvalue weighted by molar-refractivity contribution is 6.18. The Morgan fingerprint density at radius 2 is 2.36 bits per heavy atom. The summed E-state index contributed by atoms with van der Waals surface area (Å²) in [5.41, 5.74) is 0. The van der Waals surface area contributed by atoms with E-state index in [1.54, 1.807) is 6.92 Å². The van der Waals surface area contributed by atoms with Crippen LogP contribution in [-0.2, 0) is 4.79 Å². The van der Waals surface area contributed by atoms with Gasteiger partial charge in [-0.05, 0) is 12.3 Å². The number of halogens is 1. The zero-order chi connectivity index (χ0) is 8.43. The first kappa shape index (κ1) is 8.85. The van der Waals surface area contributed by atoms with Gasteiger partial charge in [0.15, 0.2) is 0 Å². The fourth-order valence-corrected chi connectivity index (χ4v) is 2.11. The van der Waals surface area contributed by atoms with E-state index in [1.165, 1.54) is 0 Å². The molecule has 1 rings (SSSR count). The number of carbonyl (C=O) groups excluding carboxylic acids is 1. The van der Waals surface area contributed by atoms with Crippen LogP contribution in [0.2, 0.25) is 0 Å². The molecule has 0 aromatic heterocycles. The zero-order valence-corrected chi connectivity index (χ0v) is 7.77. The summed E-state index contributed by atoms with van der Waals surface area (Å²) < 4.78 is 0. The Kier molecular flexibility index (Phi) is 2.77. The molecule has 0 aliphatic carbocycles. The zero-order valence-electron chi connectivity index (χ0n) is 7.01. The van der Waals surface area contributed by atoms with Crippen LogP contribution in [0.15, 0.2) is 0 Å². The molecule has 0 radical (unpaired) electrons. The highest BCUT2D eigenvalue weighted by atomic mass is 35.5. The van der Waals surface area contributed by atoms with E-state index in [9.17, 15) is 4.79 Å². The highest BCUT2D eigenvalue weighted by Crippen LogP contribution is 2.24. The van der Waals surface area contributed by atoms with Gasteiger partial charge in [-0.1, -0.05) is 6.92 Å². The number of carbonyl (C=O) groups is 1. The average Bonchev–Trinajstić information content (AvgIpc) is 2.30. The van der Waals surface area contributed by atoms with Gasteiger partial charge in [-0.2, -0.15) is 0 Å². The molecule has 1 heterocycles. The Morgan fingerprint density at radius 3 is 2.73 bits per heavy atom. The standard InChI is InChI=1S/C8H14ClNO/c1-6-3-4-10(7(2)11)8(6)5-9/h6,8H,3-5H2,1-2H3. The van der Waals surface area contributed by atoms with Crippen molar-refractivity contribution in [2.75, 3.05) is 12.4 Å². The number of rotatable bonds is 1. The molecule has 0 aromatic carbocycles. The first-order valence-electron chi connectivity index (χ1n) is 4.00. The van der Waals surface area contributed by atoms with Crippen LogP contribution in [0.4, 0.5) is 0 Å². The lowest BCUT2D eigenvalue weighted by molar-refractivity contribution is -0.129. The van der Waals surface area contributed by atoms with Crippen LogP contribution in [0.25, 0.3) is 0 Å². The topological polar surface area (TPSA) is 20.3 Å². The van der Waals surface area contributed by atoms with Crippen molar-refractivity contribution in [2.24, 2.45) is 5.92 Å². The second kappa shape index (κ2) is 3.44. The van der Waals surface area contributed by atoms with Gasteiger partial charge in [-0.15, -0.1) is 11.6 Å². The van der Waals surface area contributed by atoms with E-state index < -0.39 is 0 Å². The normalized spacial score (nSPS) is 31.0. The molecule has 0 N–H and O–H groups in total. The molecule has 0 saturated carbocycles. The van der Waals surface area contributed by atoms with E-state index in [0.29, 0.717) is 11.8 Å². The molecule has 1 amide bonds.